The van der Waals surface area contributed by atoms with Gasteiger partial charge in [0.05, 0.1) is 4.90 Å². The van der Waals surface area contributed by atoms with Crippen molar-refractivity contribution in [2.75, 3.05) is 26.2 Å². The number of nitrogens with zero attached hydrogens (tertiary/aromatic N) is 2. The zero-order chi connectivity index (χ0) is 19.4. The van der Waals surface area contributed by atoms with Crippen LogP contribution in [0.25, 0.3) is 0 Å². The summed E-state index contributed by atoms with van der Waals surface area (Å²) in [7, 11) is -3.53. The highest BCUT2D eigenvalue weighted by Gasteiger charge is 2.30. The van der Waals surface area contributed by atoms with Crippen molar-refractivity contribution in [3.63, 3.8) is 0 Å². The summed E-state index contributed by atoms with van der Waals surface area (Å²) in [4.78, 5) is 14.6. The van der Waals surface area contributed by atoms with Crippen LogP contribution < -0.4 is 0 Å². The summed E-state index contributed by atoms with van der Waals surface area (Å²) in [6.07, 6.45) is 0.433. The van der Waals surface area contributed by atoms with Gasteiger partial charge in [0.1, 0.15) is 0 Å². The Hall–Kier alpha value is -1.70. The van der Waals surface area contributed by atoms with Gasteiger partial charge < -0.3 is 4.90 Å². The van der Waals surface area contributed by atoms with Crippen molar-refractivity contribution in [3.05, 3.63) is 64.6 Å². The zero-order valence-corrected chi connectivity index (χ0v) is 17.6. The summed E-state index contributed by atoms with van der Waals surface area (Å²) in [5.74, 6) is 0.216. The van der Waals surface area contributed by atoms with Crippen LogP contribution in [0.5, 0.6) is 0 Å². The number of carbonyl (C=O) groups is 1. The van der Waals surface area contributed by atoms with Crippen LogP contribution in [0.4, 0.5) is 0 Å². The topological polar surface area (TPSA) is 57.7 Å². The van der Waals surface area contributed by atoms with E-state index in [4.69, 9.17) is 0 Å². The largest absolute Gasteiger partial charge is 0.340 e. The lowest BCUT2D eigenvalue weighted by atomic mass is 9.97. The minimum Gasteiger partial charge on any atom is -0.340 e. The highest BCUT2D eigenvalue weighted by molar-refractivity contribution is 9.10. The van der Waals surface area contributed by atoms with E-state index in [2.05, 4.69) is 15.9 Å². The van der Waals surface area contributed by atoms with Crippen LogP contribution in [0.2, 0.25) is 0 Å². The van der Waals surface area contributed by atoms with Gasteiger partial charge in [0.15, 0.2) is 0 Å². The van der Waals surface area contributed by atoms with E-state index in [1.54, 1.807) is 29.2 Å². The molecular weight excluding hydrogens is 428 g/mol. The predicted molar refractivity (Wildman–Crippen MR) is 109 cm³/mol. The van der Waals surface area contributed by atoms with Gasteiger partial charge >= 0.3 is 0 Å². The lowest BCUT2D eigenvalue weighted by molar-refractivity contribution is -0.132. The van der Waals surface area contributed by atoms with Crippen LogP contribution in [-0.4, -0.2) is 49.7 Å². The number of hydrogen-bond acceptors (Lipinski definition) is 3. The van der Waals surface area contributed by atoms with Gasteiger partial charge in [0.2, 0.25) is 15.9 Å². The molecule has 1 fully saturated rings. The van der Waals surface area contributed by atoms with Crippen molar-refractivity contribution < 1.29 is 13.2 Å². The fourth-order valence-corrected chi connectivity index (χ4v) is 5.26. The molecule has 0 radical (unpaired) electrons. The van der Waals surface area contributed by atoms with Crippen LogP contribution in [0, 0.1) is 0 Å². The van der Waals surface area contributed by atoms with E-state index in [0.29, 0.717) is 32.6 Å². The number of halogens is 1. The molecule has 0 bridgehead atoms. The van der Waals surface area contributed by atoms with E-state index in [1.165, 1.54) is 4.31 Å². The van der Waals surface area contributed by atoms with E-state index in [1.807, 2.05) is 37.3 Å². The van der Waals surface area contributed by atoms with Crippen molar-refractivity contribution >= 4 is 31.9 Å². The highest BCUT2D eigenvalue weighted by Crippen LogP contribution is 2.23. The van der Waals surface area contributed by atoms with Crippen molar-refractivity contribution in [3.8, 4) is 0 Å². The Labute approximate surface area is 169 Å². The van der Waals surface area contributed by atoms with Crippen molar-refractivity contribution in [1.29, 1.82) is 0 Å². The third-order valence-corrected chi connectivity index (χ3v) is 7.26. The average molecular weight is 451 g/mol. The molecule has 2 aromatic rings. The Balaban J connectivity index is 1.59. The van der Waals surface area contributed by atoms with Crippen molar-refractivity contribution in [2.24, 2.45) is 0 Å². The molecular formula is C20H23BrN2O3S. The lowest BCUT2D eigenvalue weighted by Gasteiger charge is -2.34. The van der Waals surface area contributed by atoms with Gasteiger partial charge in [0.25, 0.3) is 0 Å². The molecule has 1 atom stereocenters. The van der Waals surface area contributed by atoms with Crippen LogP contribution >= 0.6 is 15.9 Å². The Kier molecular flexibility index (Phi) is 6.34. The lowest BCUT2D eigenvalue weighted by Crippen LogP contribution is -2.50. The second-order valence-electron chi connectivity index (χ2n) is 6.76. The highest BCUT2D eigenvalue weighted by atomic mass is 79.9. The smallest absolute Gasteiger partial charge is 0.243 e. The van der Waals surface area contributed by atoms with E-state index in [0.717, 1.165) is 10.0 Å². The molecule has 0 aliphatic carbocycles. The van der Waals surface area contributed by atoms with Crippen molar-refractivity contribution in [2.45, 2.75) is 24.2 Å². The fourth-order valence-electron chi connectivity index (χ4n) is 3.24. The van der Waals surface area contributed by atoms with E-state index in [9.17, 15) is 13.2 Å². The van der Waals surface area contributed by atoms with Gasteiger partial charge in [-0.05, 0) is 29.7 Å². The van der Waals surface area contributed by atoms with Crippen LogP contribution in [0.15, 0.2) is 64.0 Å². The summed E-state index contributed by atoms with van der Waals surface area (Å²) >= 11 is 3.31. The van der Waals surface area contributed by atoms with Gasteiger partial charge in [-0.25, -0.2) is 8.42 Å². The van der Waals surface area contributed by atoms with Gasteiger partial charge in [0, 0.05) is 37.1 Å². The third kappa shape index (κ3) is 4.78. The van der Waals surface area contributed by atoms with Gasteiger partial charge in [-0.3, -0.25) is 4.79 Å². The first-order valence-electron chi connectivity index (χ1n) is 8.96. The summed E-state index contributed by atoms with van der Waals surface area (Å²) in [5, 5.41) is 0. The Morgan fingerprint density at radius 2 is 1.70 bits per heavy atom. The molecule has 1 aliphatic rings. The number of piperazine rings is 1. The standard InChI is InChI=1S/C20H23BrN2O3S/c1-16(17-6-3-2-4-7-17)14-20(24)22-10-12-23(13-11-22)27(25,26)19-9-5-8-18(21)15-19/h2-9,15-16H,10-14H2,1H3. The number of benzene rings is 2. The molecule has 2 aromatic carbocycles. The molecule has 0 spiro atoms. The molecule has 5 nitrogen and oxygen atoms in total. The maximum Gasteiger partial charge on any atom is 0.243 e. The molecule has 1 unspecified atom stereocenters. The number of carbonyl (C=O) groups excluding carboxylic acids is 1. The second kappa shape index (κ2) is 8.54. The quantitative estimate of drug-likeness (QED) is 0.700. The Morgan fingerprint density at radius 3 is 2.33 bits per heavy atom. The van der Waals surface area contributed by atoms with E-state index >= 15 is 0 Å². The molecule has 1 saturated heterocycles. The second-order valence-corrected chi connectivity index (χ2v) is 9.61. The van der Waals surface area contributed by atoms with Crippen LogP contribution in [0.1, 0.15) is 24.8 Å². The molecule has 3 rings (SSSR count). The molecule has 144 valence electrons. The fraction of sp³-hybridized carbons (Fsp3) is 0.350. The monoisotopic (exact) mass is 450 g/mol. The molecule has 1 heterocycles. The predicted octanol–water partition coefficient (Wildman–Crippen LogP) is 3.48. The van der Waals surface area contributed by atoms with Gasteiger partial charge in [-0.15, -0.1) is 0 Å². The molecule has 7 heteroatoms. The maximum atomic E-state index is 12.8. The Morgan fingerprint density at radius 1 is 1.04 bits per heavy atom. The summed E-state index contributed by atoms with van der Waals surface area (Å²) in [6.45, 7) is 3.53. The first-order valence-corrected chi connectivity index (χ1v) is 11.2. The maximum absolute atomic E-state index is 12.8. The summed E-state index contributed by atoms with van der Waals surface area (Å²) < 4.78 is 27.7. The minimum atomic E-state index is -3.53. The Bertz CT molecular complexity index is 894. The molecule has 27 heavy (non-hydrogen) atoms. The molecule has 1 amide bonds. The molecule has 0 N–H and O–H groups in total. The van der Waals surface area contributed by atoms with E-state index < -0.39 is 10.0 Å². The minimum absolute atomic E-state index is 0.0749. The summed E-state index contributed by atoms with van der Waals surface area (Å²) in [5.41, 5.74) is 1.14. The average Bonchev–Trinajstić information content (AvgIpc) is 2.68. The number of amides is 1. The summed E-state index contributed by atoms with van der Waals surface area (Å²) in [6, 6.07) is 16.7. The van der Waals surface area contributed by atoms with Crippen LogP contribution in [0.3, 0.4) is 0 Å². The third-order valence-electron chi connectivity index (χ3n) is 4.87. The van der Waals surface area contributed by atoms with Gasteiger partial charge in [-0.2, -0.15) is 4.31 Å². The van der Waals surface area contributed by atoms with Crippen molar-refractivity contribution in [1.82, 2.24) is 9.21 Å². The molecule has 0 saturated carbocycles. The zero-order valence-electron chi connectivity index (χ0n) is 15.2. The van der Waals surface area contributed by atoms with Crippen LogP contribution in [-0.2, 0) is 14.8 Å². The first-order chi connectivity index (χ1) is 12.9. The number of rotatable bonds is 5. The number of sulfonamides is 1. The molecule has 0 aromatic heterocycles. The van der Waals surface area contributed by atoms with E-state index in [-0.39, 0.29) is 16.7 Å². The first kappa shape index (κ1) is 20.0. The molecule has 1 aliphatic heterocycles. The number of hydrogen-bond donors (Lipinski definition) is 0. The SMILES string of the molecule is CC(CC(=O)N1CCN(S(=O)(=O)c2cccc(Br)c2)CC1)c1ccccc1. The normalized spacial score (nSPS) is 16.9. The van der Waals surface area contributed by atoms with Gasteiger partial charge in [-0.1, -0.05) is 59.3 Å².